The highest BCUT2D eigenvalue weighted by atomic mass is 32.1. The maximum atomic E-state index is 4.72. The Bertz CT molecular complexity index is 1170. The van der Waals surface area contributed by atoms with Crippen LogP contribution in [-0.2, 0) is 13.5 Å². The summed E-state index contributed by atoms with van der Waals surface area (Å²) in [5.41, 5.74) is 4.26. The fraction of sp³-hybridized carbons (Fsp3) is 0.111. The van der Waals surface area contributed by atoms with Gasteiger partial charge in [0.1, 0.15) is 0 Å². The Hall–Kier alpha value is -3.06. The van der Waals surface area contributed by atoms with E-state index in [9.17, 15) is 0 Å². The summed E-state index contributed by atoms with van der Waals surface area (Å²) in [5, 5.41) is 10.9. The Balaban J connectivity index is 1.45. The Morgan fingerprint density at radius 3 is 2.96 bits per heavy atom. The van der Waals surface area contributed by atoms with Crippen molar-refractivity contribution in [1.29, 1.82) is 0 Å². The van der Waals surface area contributed by atoms with Gasteiger partial charge < -0.3 is 0 Å². The summed E-state index contributed by atoms with van der Waals surface area (Å²) in [7, 11) is 1.90. The number of hydrogen-bond acceptors (Lipinski definition) is 5. The second kappa shape index (κ2) is 5.49. The van der Waals surface area contributed by atoms with E-state index >= 15 is 0 Å². The molecule has 25 heavy (non-hydrogen) atoms. The normalized spacial score (nSPS) is 11.6. The van der Waals surface area contributed by atoms with Crippen molar-refractivity contribution in [3.63, 3.8) is 0 Å². The van der Waals surface area contributed by atoms with Crippen LogP contribution in [0.3, 0.4) is 0 Å². The molecule has 0 atom stereocenters. The van der Waals surface area contributed by atoms with Crippen LogP contribution in [0.4, 0.5) is 0 Å². The molecule has 0 spiro atoms. The lowest BCUT2D eigenvalue weighted by molar-refractivity contribution is 0.768. The molecule has 1 aromatic carbocycles. The maximum absolute atomic E-state index is 4.72. The third kappa shape index (κ3) is 2.58. The first-order valence-corrected chi connectivity index (χ1v) is 8.74. The van der Waals surface area contributed by atoms with Crippen LogP contribution in [0.1, 0.15) is 11.3 Å². The van der Waals surface area contributed by atoms with Gasteiger partial charge in [-0.2, -0.15) is 10.2 Å². The largest absolute Gasteiger partial charge is 0.275 e. The van der Waals surface area contributed by atoms with Gasteiger partial charge in [-0.15, -0.1) is 0 Å². The molecular weight excluding hydrogens is 332 g/mol. The van der Waals surface area contributed by atoms with Gasteiger partial charge in [-0.05, 0) is 23.8 Å². The van der Waals surface area contributed by atoms with Crippen LogP contribution in [-0.4, -0.2) is 29.4 Å². The lowest BCUT2D eigenvalue weighted by Crippen LogP contribution is -1.89. The third-order valence-electron chi connectivity index (χ3n) is 4.10. The van der Waals surface area contributed by atoms with Gasteiger partial charge in [0.2, 0.25) is 4.96 Å². The molecular formula is C18H14N6S. The Morgan fingerprint density at radius 2 is 2.12 bits per heavy atom. The second-order valence-electron chi connectivity index (χ2n) is 5.98. The van der Waals surface area contributed by atoms with Crippen molar-refractivity contribution in [3.05, 3.63) is 66.4 Å². The van der Waals surface area contributed by atoms with Crippen molar-refractivity contribution < 1.29 is 0 Å². The zero-order valence-electron chi connectivity index (χ0n) is 13.5. The first-order chi connectivity index (χ1) is 12.2. The van der Waals surface area contributed by atoms with Gasteiger partial charge in [0.15, 0.2) is 5.01 Å². The molecule has 0 N–H and O–H groups in total. The van der Waals surface area contributed by atoms with Crippen LogP contribution in [0.5, 0.6) is 0 Å². The number of hydrogen-bond donors (Lipinski definition) is 0. The highest BCUT2D eigenvalue weighted by molar-refractivity contribution is 7.19. The molecule has 5 aromatic rings. The lowest BCUT2D eigenvalue weighted by atomic mass is 10.1. The van der Waals surface area contributed by atoms with Crippen molar-refractivity contribution in [2.75, 3.05) is 0 Å². The molecule has 0 aliphatic heterocycles. The molecule has 122 valence electrons. The number of pyridine rings is 1. The molecule has 0 fully saturated rings. The van der Waals surface area contributed by atoms with Gasteiger partial charge in [-0.1, -0.05) is 23.5 Å². The van der Waals surface area contributed by atoms with Gasteiger partial charge in [0, 0.05) is 31.2 Å². The van der Waals surface area contributed by atoms with E-state index in [2.05, 4.69) is 39.4 Å². The van der Waals surface area contributed by atoms with Crippen LogP contribution in [0, 0.1) is 0 Å². The molecule has 0 aliphatic carbocycles. The van der Waals surface area contributed by atoms with E-state index in [1.807, 2.05) is 42.4 Å². The zero-order valence-corrected chi connectivity index (χ0v) is 14.3. The SMILES string of the molecule is Cn1cc(-c2nn3cc(Cc4ccc5ncccc5c4)nc3s2)cn1. The second-order valence-corrected chi connectivity index (χ2v) is 6.93. The molecule has 0 saturated heterocycles. The molecule has 0 radical (unpaired) electrons. The van der Waals surface area contributed by atoms with Crippen molar-refractivity contribution in [1.82, 2.24) is 29.4 Å². The third-order valence-corrected chi connectivity index (χ3v) is 5.07. The average Bonchev–Trinajstić information content (AvgIpc) is 3.29. The van der Waals surface area contributed by atoms with Crippen molar-refractivity contribution >= 4 is 27.2 Å². The minimum Gasteiger partial charge on any atom is -0.275 e. The summed E-state index contributed by atoms with van der Waals surface area (Å²) in [4.78, 5) is 9.98. The minimum absolute atomic E-state index is 0.781. The summed E-state index contributed by atoms with van der Waals surface area (Å²) in [5.74, 6) is 0. The number of benzene rings is 1. The molecule has 0 unspecified atom stereocenters. The van der Waals surface area contributed by atoms with E-state index in [1.165, 1.54) is 5.56 Å². The number of aryl methyl sites for hydroxylation is 1. The Labute approximate surface area is 147 Å². The number of aromatic nitrogens is 6. The molecule has 7 heteroatoms. The van der Waals surface area contributed by atoms with Gasteiger partial charge in [-0.3, -0.25) is 9.67 Å². The first-order valence-electron chi connectivity index (χ1n) is 7.92. The molecule has 0 bridgehead atoms. The quantitative estimate of drug-likeness (QED) is 0.503. The summed E-state index contributed by atoms with van der Waals surface area (Å²) in [6.45, 7) is 0. The van der Waals surface area contributed by atoms with Crippen LogP contribution in [0.15, 0.2) is 55.1 Å². The van der Waals surface area contributed by atoms with Crippen LogP contribution < -0.4 is 0 Å². The fourth-order valence-corrected chi connectivity index (χ4v) is 3.80. The summed E-state index contributed by atoms with van der Waals surface area (Å²) < 4.78 is 3.63. The highest BCUT2D eigenvalue weighted by Crippen LogP contribution is 2.25. The summed E-state index contributed by atoms with van der Waals surface area (Å²) in [6, 6.07) is 10.4. The van der Waals surface area contributed by atoms with Crippen molar-refractivity contribution in [3.8, 4) is 10.6 Å². The number of nitrogens with zero attached hydrogens (tertiary/aromatic N) is 6. The maximum Gasteiger partial charge on any atom is 0.212 e. The summed E-state index contributed by atoms with van der Waals surface area (Å²) in [6.07, 6.45) is 8.38. The van der Waals surface area contributed by atoms with E-state index in [0.29, 0.717) is 0 Å². The lowest BCUT2D eigenvalue weighted by Gasteiger charge is -2.01. The van der Waals surface area contributed by atoms with Crippen molar-refractivity contribution in [2.45, 2.75) is 6.42 Å². The summed E-state index contributed by atoms with van der Waals surface area (Å²) >= 11 is 1.58. The van der Waals surface area contributed by atoms with Gasteiger partial charge in [0.25, 0.3) is 0 Å². The van der Waals surface area contributed by atoms with Crippen LogP contribution in [0.2, 0.25) is 0 Å². The zero-order chi connectivity index (χ0) is 16.8. The predicted octanol–water partition coefficient (Wildman–Crippen LogP) is 3.33. The number of rotatable bonds is 3. The Kier molecular flexibility index (Phi) is 3.14. The smallest absolute Gasteiger partial charge is 0.212 e. The average molecular weight is 346 g/mol. The molecule has 0 aliphatic rings. The monoisotopic (exact) mass is 346 g/mol. The van der Waals surface area contributed by atoms with E-state index in [-0.39, 0.29) is 0 Å². The van der Waals surface area contributed by atoms with Crippen LogP contribution in [0.25, 0.3) is 26.4 Å². The Morgan fingerprint density at radius 1 is 1.16 bits per heavy atom. The molecule has 0 saturated carbocycles. The number of imidazole rings is 1. The van der Waals surface area contributed by atoms with E-state index in [0.717, 1.165) is 38.5 Å². The fourth-order valence-electron chi connectivity index (χ4n) is 2.92. The molecule has 5 rings (SSSR count). The molecule has 6 nitrogen and oxygen atoms in total. The van der Waals surface area contributed by atoms with Gasteiger partial charge in [0.05, 0.1) is 29.2 Å². The molecule has 4 heterocycles. The highest BCUT2D eigenvalue weighted by Gasteiger charge is 2.11. The number of fused-ring (bicyclic) bond motifs is 2. The van der Waals surface area contributed by atoms with E-state index < -0.39 is 0 Å². The van der Waals surface area contributed by atoms with Gasteiger partial charge in [-0.25, -0.2) is 9.50 Å². The van der Waals surface area contributed by atoms with E-state index in [4.69, 9.17) is 4.98 Å². The first kappa shape index (κ1) is 14.3. The molecule has 4 aromatic heterocycles. The van der Waals surface area contributed by atoms with Crippen LogP contribution >= 0.6 is 11.3 Å². The standard InChI is InChI=1S/C18H14N6S/c1-23-10-14(9-20-23)17-22-24-11-15(21-18(24)25-17)8-12-4-5-16-13(7-12)3-2-6-19-16/h2-7,9-11H,8H2,1H3. The van der Waals surface area contributed by atoms with E-state index in [1.54, 1.807) is 16.0 Å². The molecule has 0 amide bonds. The predicted molar refractivity (Wildman–Crippen MR) is 97.6 cm³/mol. The van der Waals surface area contributed by atoms with Crippen molar-refractivity contribution in [2.24, 2.45) is 7.05 Å². The van der Waals surface area contributed by atoms with Gasteiger partial charge >= 0.3 is 0 Å². The topological polar surface area (TPSA) is 60.9 Å². The minimum atomic E-state index is 0.781.